The fourth-order valence-electron chi connectivity index (χ4n) is 5.12. The van der Waals surface area contributed by atoms with E-state index in [1.807, 2.05) is 31.2 Å². The van der Waals surface area contributed by atoms with Crippen LogP contribution in [0.2, 0.25) is 0 Å². The first-order valence-corrected chi connectivity index (χ1v) is 11.8. The largest absolute Gasteiger partial charge is 0.480 e. The maximum atomic E-state index is 13.0. The van der Waals surface area contributed by atoms with Crippen LogP contribution < -0.4 is 5.32 Å². The van der Waals surface area contributed by atoms with Gasteiger partial charge in [0.15, 0.2) is 0 Å². The van der Waals surface area contributed by atoms with Gasteiger partial charge in [0.2, 0.25) is 5.91 Å². The van der Waals surface area contributed by atoms with Crippen molar-refractivity contribution in [3.8, 4) is 11.1 Å². The molecule has 2 amide bonds. The number of nitrogens with one attached hydrogen (secondary N) is 1. The van der Waals surface area contributed by atoms with Gasteiger partial charge < -0.3 is 20.1 Å². The second-order valence-electron chi connectivity index (χ2n) is 10.1. The van der Waals surface area contributed by atoms with Crippen molar-refractivity contribution in [2.24, 2.45) is 5.92 Å². The highest BCUT2D eigenvalue weighted by Crippen LogP contribution is 2.44. The van der Waals surface area contributed by atoms with Gasteiger partial charge in [-0.05, 0) is 54.9 Å². The van der Waals surface area contributed by atoms with Crippen molar-refractivity contribution in [1.82, 2.24) is 10.2 Å². The number of rotatable bonds is 6. The normalized spacial score (nSPS) is 19.8. The number of piperidine rings is 1. The average Bonchev–Trinajstić information content (AvgIpc) is 3.10. The lowest BCUT2D eigenvalue weighted by atomic mass is 9.92. The third kappa shape index (κ3) is 4.93. The van der Waals surface area contributed by atoms with Crippen molar-refractivity contribution in [3.63, 3.8) is 0 Å². The molecular formula is C27H32N2O5. The Morgan fingerprint density at radius 1 is 1.03 bits per heavy atom. The molecule has 0 aromatic heterocycles. The third-order valence-corrected chi connectivity index (χ3v) is 6.80. The zero-order chi connectivity index (χ0) is 24.5. The molecule has 2 unspecified atom stereocenters. The Morgan fingerprint density at radius 2 is 1.62 bits per heavy atom. The van der Waals surface area contributed by atoms with Crippen LogP contribution in [-0.4, -0.2) is 52.7 Å². The van der Waals surface area contributed by atoms with E-state index >= 15 is 0 Å². The molecule has 2 aromatic rings. The van der Waals surface area contributed by atoms with E-state index in [4.69, 9.17) is 4.74 Å². The number of hydrogen-bond donors (Lipinski definition) is 2. The first-order valence-electron chi connectivity index (χ1n) is 11.8. The first kappa shape index (κ1) is 23.8. The van der Waals surface area contributed by atoms with Crippen molar-refractivity contribution >= 4 is 18.0 Å². The number of carboxylic acids is 1. The highest BCUT2D eigenvalue weighted by atomic mass is 16.5. The predicted molar refractivity (Wildman–Crippen MR) is 128 cm³/mol. The molecule has 34 heavy (non-hydrogen) atoms. The van der Waals surface area contributed by atoms with Gasteiger partial charge in [0.25, 0.3) is 0 Å². The maximum Gasteiger partial charge on any atom is 0.407 e. The topological polar surface area (TPSA) is 95.9 Å². The van der Waals surface area contributed by atoms with Gasteiger partial charge in [-0.2, -0.15) is 0 Å². The number of ether oxygens (including phenoxy) is 1. The van der Waals surface area contributed by atoms with E-state index in [9.17, 15) is 19.5 Å². The smallest absolute Gasteiger partial charge is 0.407 e. The molecule has 1 aliphatic carbocycles. The number of nitrogens with zero attached hydrogens (tertiary/aromatic N) is 1. The van der Waals surface area contributed by atoms with Crippen LogP contribution in [0.25, 0.3) is 11.1 Å². The van der Waals surface area contributed by atoms with Gasteiger partial charge in [0.05, 0.1) is 0 Å². The molecule has 7 nitrogen and oxygen atoms in total. The minimum absolute atomic E-state index is 0.00625. The number of alkyl carbamates (subject to hydrolysis) is 1. The number of hydrogen-bond acceptors (Lipinski definition) is 4. The lowest BCUT2D eigenvalue weighted by Gasteiger charge is -2.38. The number of carbonyl (C=O) groups is 3. The van der Waals surface area contributed by atoms with Gasteiger partial charge in [0, 0.05) is 24.4 Å². The first-order chi connectivity index (χ1) is 16.2. The monoisotopic (exact) mass is 464 g/mol. The number of benzene rings is 2. The fraction of sp³-hybridized carbons (Fsp3) is 0.444. The molecule has 0 spiro atoms. The fourth-order valence-corrected chi connectivity index (χ4v) is 5.12. The predicted octanol–water partition coefficient (Wildman–Crippen LogP) is 4.41. The summed E-state index contributed by atoms with van der Waals surface area (Å²) in [4.78, 5) is 38.7. The summed E-state index contributed by atoms with van der Waals surface area (Å²) >= 11 is 0. The molecule has 1 heterocycles. The Morgan fingerprint density at radius 3 is 2.21 bits per heavy atom. The van der Waals surface area contributed by atoms with Crippen molar-refractivity contribution in [2.75, 3.05) is 13.2 Å². The molecule has 180 valence electrons. The Kier molecular flexibility index (Phi) is 6.64. The van der Waals surface area contributed by atoms with Gasteiger partial charge in [-0.3, -0.25) is 4.79 Å². The Labute approximate surface area is 200 Å². The van der Waals surface area contributed by atoms with Crippen LogP contribution in [-0.2, 0) is 14.3 Å². The van der Waals surface area contributed by atoms with Gasteiger partial charge in [-0.25, -0.2) is 9.59 Å². The minimum Gasteiger partial charge on any atom is -0.480 e. The molecule has 2 aliphatic rings. The second-order valence-corrected chi connectivity index (χ2v) is 10.1. The Balaban J connectivity index is 1.37. The molecule has 0 radical (unpaired) electrons. The van der Waals surface area contributed by atoms with E-state index in [1.165, 1.54) is 4.90 Å². The Bertz CT molecular complexity index is 1050. The zero-order valence-electron chi connectivity index (χ0n) is 19.9. The molecule has 1 aliphatic heterocycles. The number of aliphatic carboxylic acids is 1. The second kappa shape index (κ2) is 9.49. The average molecular weight is 465 g/mol. The lowest BCUT2D eigenvalue weighted by Crippen LogP contribution is -2.54. The summed E-state index contributed by atoms with van der Waals surface area (Å²) in [6.45, 7) is 6.11. The van der Waals surface area contributed by atoms with Crippen molar-refractivity contribution in [2.45, 2.75) is 57.5 Å². The summed E-state index contributed by atoms with van der Waals surface area (Å²) < 4.78 is 5.61. The highest BCUT2D eigenvalue weighted by molar-refractivity contribution is 5.85. The van der Waals surface area contributed by atoms with Crippen LogP contribution >= 0.6 is 0 Å². The lowest BCUT2D eigenvalue weighted by molar-refractivity contribution is -0.153. The summed E-state index contributed by atoms with van der Waals surface area (Å²) in [5, 5.41) is 12.3. The zero-order valence-corrected chi connectivity index (χ0v) is 19.9. The van der Waals surface area contributed by atoms with E-state index in [-0.39, 0.29) is 30.8 Å². The maximum absolute atomic E-state index is 13.0. The summed E-state index contributed by atoms with van der Waals surface area (Å²) in [7, 11) is 0. The van der Waals surface area contributed by atoms with Crippen molar-refractivity contribution in [1.29, 1.82) is 0 Å². The highest BCUT2D eigenvalue weighted by Gasteiger charge is 2.37. The molecule has 7 heteroatoms. The molecule has 2 N–H and O–H groups in total. The van der Waals surface area contributed by atoms with Crippen LogP contribution in [0, 0.1) is 5.92 Å². The van der Waals surface area contributed by atoms with E-state index < -0.39 is 23.6 Å². The molecule has 0 bridgehead atoms. The van der Waals surface area contributed by atoms with Gasteiger partial charge in [0.1, 0.15) is 12.6 Å². The number of carbonyl (C=O) groups excluding carboxylic acids is 2. The number of likely N-dealkylation sites (tertiary alicyclic amines) is 1. The number of fused-ring (bicyclic) bond motifs is 3. The van der Waals surface area contributed by atoms with Gasteiger partial charge in [-0.1, -0.05) is 55.5 Å². The minimum atomic E-state index is -0.984. The SMILES string of the molecule is CC1CCC(C(=O)O)N(C(=O)CC(C)(C)NC(=O)OCC2c3ccccc3-c3ccccc32)C1. The molecule has 2 aromatic carbocycles. The summed E-state index contributed by atoms with van der Waals surface area (Å²) in [5.41, 5.74) is 3.68. The van der Waals surface area contributed by atoms with Gasteiger partial charge >= 0.3 is 12.1 Å². The number of amides is 2. The van der Waals surface area contributed by atoms with Crippen LogP contribution in [0.1, 0.15) is 57.1 Å². The van der Waals surface area contributed by atoms with Crippen LogP contribution in [0.3, 0.4) is 0 Å². The van der Waals surface area contributed by atoms with E-state index in [2.05, 4.69) is 29.6 Å². The molecule has 2 atom stereocenters. The van der Waals surface area contributed by atoms with E-state index in [1.54, 1.807) is 13.8 Å². The standard InChI is InChI=1S/C27H32N2O5/c1-17-12-13-23(25(31)32)29(15-17)24(30)14-27(2,3)28-26(33)34-16-22-20-10-6-4-8-18(20)19-9-5-7-11-21(19)22/h4-11,17,22-23H,12-16H2,1-3H3,(H,28,33)(H,31,32). The van der Waals surface area contributed by atoms with Crippen LogP contribution in [0.4, 0.5) is 4.79 Å². The molecular weight excluding hydrogens is 432 g/mol. The molecule has 1 fully saturated rings. The van der Waals surface area contributed by atoms with Gasteiger partial charge in [-0.15, -0.1) is 0 Å². The van der Waals surface area contributed by atoms with E-state index in [0.717, 1.165) is 28.7 Å². The van der Waals surface area contributed by atoms with Crippen molar-refractivity contribution in [3.05, 3.63) is 59.7 Å². The molecule has 1 saturated heterocycles. The summed E-state index contributed by atoms with van der Waals surface area (Å²) in [6.07, 6.45) is 0.625. The summed E-state index contributed by atoms with van der Waals surface area (Å²) in [5.74, 6) is -1.06. The third-order valence-electron chi connectivity index (χ3n) is 6.80. The summed E-state index contributed by atoms with van der Waals surface area (Å²) in [6, 6.07) is 15.4. The van der Waals surface area contributed by atoms with Crippen LogP contribution in [0.15, 0.2) is 48.5 Å². The van der Waals surface area contributed by atoms with Crippen LogP contribution in [0.5, 0.6) is 0 Å². The van der Waals surface area contributed by atoms with E-state index in [0.29, 0.717) is 13.0 Å². The molecule has 0 saturated carbocycles. The Hall–Kier alpha value is -3.35. The molecule has 4 rings (SSSR count). The quantitative estimate of drug-likeness (QED) is 0.660. The van der Waals surface area contributed by atoms with Crippen molar-refractivity contribution < 1.29 is 24.2 Å². The number of carboxylic acid groups (broad SMARTS) is 1.